The van der Waals surface area contributed by atoms with E-state index >= 15 is 0 Å². The monoisotopic (exact) mass is 739 g/mol. The highest BCUT2D eigenvalue weighted by atomic mass is 32.2. The first-order valence-electron chi connectivity index (χ1n) is 14.2. The van der Waals surface area contributed by atoms with Crippen LogP contribution in [0.1, 0.15) is 15.9 Å². The number of aromatic nitrogens is 2. The van der Waals surface area contributed by atoms with E-state index in [0.717, 1.165) is 6.07 Å². The molecule has 0 spiro atoms. The lowest BCUT2D eigenvalue weighted by atomic mass is 10.1. The Hall–Kier alpha value is -5.81. The summed E-state index contributed by atoms with van der Waals surface area (Å²) in [6.45, 7) is 1.25. The Morgan fingerprint density at radius 3 is 2.35 bits per heavy atom. The topological polar surface area (TPSA) is 287 Å². The zero-order chi connectivity index (χ0) is 36.7. The number of amides is 1. The number of carbonyl (C=O) groups is 1. The van der Waals surface area contributed by atoms with Crippen molar-refractivity contribution in [2.75, 3.05) is 18.5 Å². The van der Waals surface area contributed by atoms with Gasteiger partial charge < -0.3 is 20.3 Å². The number of anilines is 1. The van der Waals surface area contributed by atoms with E-state index in [1.807, 2.05) is 9.97 Å². The predicted octanol–water partition coefficient (Wildman–Crippen LogP) is 5.36. The minimum Gasteiger partial charge on any atom is -0.493 e. The minimum absolute atomic E-state index is 0.116. The summed E-state index contributed by atoms with van der Waals surface area (Å²) >= 11 is 0.516. The van der Waals surface area contributed by atoms with E-state index in [2.05, 4.69) is 35.1 Å². The Kier molecular flexibility index (Phi) is 11.3. The molecule has 0 aliphatic rings. The molecule has 1 heterocycles. The SMILES string of the molecule is Cc1cc(NC(=O)c2ccc(N=Nc3c(O)[nH]c(=O)[nH]c3=O)cc2)c(OCCO)cc1N=Nc1ccc2cc(SOOO)cc(S(=O)(=O)O)c2c1. The average Bonchev–Trinajstić information content (AvgIpc) is 3.08. The first kappa shape index (κ1) is 36.5. The maximum absolute atomic E-state index is 13.1. The van der Waals surface area contributed by atoms with Crippen molar-refractivity contribution in [1.82, 2.24) is 9.97 Å². The Balaban J connectivity index is 1.37. The molecular formula is C30H25N7O12S2. The van der Waals surface area contributed by atoms with Gasteiger partial charge in [-0.05, 0) is 72.5 Å². The number of nitrogens with zero attached hydrogens (tertiary/aromatic N) is 4. The number of rotatable bonds is 13. The predicted molar refractivity (Wildman–Crippen MR) is 180 cm³/mol. The number of aliphatic hydroxyl groups is 1. The van der Waals surface area contributed by atoms with Gasteiger partial charge in [0.05, 0.1) is 41.4 Å². The van der Waals surface area contributed by atoms with Crippen molar-refractivity contribution >= 4 is 67.3 Å². The molecule has 4 aromatic carbocycles. The van der Waals surface area contributed by atoms with Crippen LogP contribution in [0.25, 0.3) is 10.8 Å². The lowest BCUT2D eigenvalue weighted by Gasteiger charge is -2.14. The molecule has 0 atom stereocenters. The third-order valence-electron chi connectivity index (χ3n) is 6.77. The second-order valence-electron chi connectivity index (χ2n) is 10.2. The number of aromatic hydroxyl groups is 1. The van der Waals surface area contributed by atoms with E-state index in [4.69, 9.17) is 9.99 Å². The van der Waals surface area contributed by atoms with Crippen molar-refractivity contribution in [1.29, 1.82) is 0 Å². The highest BCUT2D eigenvalue weighted by Gasteiger charge is 2.18. The fraction of sp³-hybridized carbons (Fsp3) is 0.100. The normalized spacial score (nSPS) is 11.8. The van der Waals surface area contributed by atoms with E-state index in [1.165, 1.54) is 48.5 Å². The molecule has 1 amide bonds. The molecule has 5 aromatic rings. The first-order valence-corrected chi connectivity index (χ1v) is 16.4. The quantitative estimate of drug-likeness (QED) is 0.0263. The molecule has 1 aromatic heterocycles. The molecule has 0 radical (unpaired) electrons. The molecule has 0 bridgehead atoms. The summed E-state index contributed by atoms with van der Waals surface area (Å²) in [5, 5.41) is 50.3. The second-order valence-corrected chi connectivity index (χ2v) is 12.4. The molecule has 0 aliphatic carbocycles. The Labute approximate surface area is 290 Å². The van der Waals surface area contributed by atoms with Crippen LogP contribution >= 0.6 is 12.0 Å². The number of carbonyl (C=O) groups excluding carboxylic acids is 1. The molecule has 51 heavy (non-hydrogen) atoms. The van der Waals surface area contributed by atoms with Crippen LogP contribution in [-0.2, 0) is 19.5 Å². The van der Waals surface area contributed by atoms with Gasteiger partial charge in [-0.2, -0.15) is 23.8 Å². The number of benzene rings is 4. The number of ether oxygens (including phenoxy) is 1. The van der Waals surface area contributed by atoms with Gasteiger partial charge in [0.25, 0.3) is 21.6 Å². The van der Waals surface area contributed by atoms with Gasteiger partial charge in [-0.3, -0.25) is 24.1 Å². The summed E-state index contributed by atoms with van der Waals surface area (Å²) in [6, 6.07) is 15.9. The number of hydrogen-bond acceptors (Lipinski definition) is 16. The van der Waals surface area contributed by atoms with E-state index in [9.17, 15) is 37.6 Å². The number of aromatic amines is 2. The zero-order valence-electron chi connectivity index (χ0n) is 25.9. The molecule has 0 fully saturated rings. The van der Waals surface area contributed by atoms with Crippen molar-refractivity contribution in [3.05, 3.63) is 98.7 Å². The standard InChI is InChI=1S/C30H25N7O12S2/c1-15-10-23(31-27(39)16-2-5-18(6-3-16)34-37-26-28(40)32-30(42)33-29(26)41)24(47-9-8-38)14-22(15)36-35-19-7-4-17-11-20(50-49-48-43)13-25(21(17)12-19)51(44,45)46/h2-7,10-14,38,43H,8-9H2,1H3,(H,31,39)(H,44,45,46)(H3,32,33,40,41,42). The Bertz CT molecular complexity index is 2400. The van der Waals surface area contributed by atoms with Crippen molar-refractivity contribution in [3.63, 3.8) is 0 Å². The van der Waals surface area contributed by atoms with Crippen molar-refractivity contribution in [2.45, 2.75) is 16.7 Å². The number of fused-ring (bicyclic) bond motifs is 1. The second kappa shape index (κ2) is 15.8. The first-order chi connectivity index (χ1) is 24.4. The lowest BCUT2D eigenvalue weighted by molar-refractivity contribution is -0.432. The van der Waals surface area contributed by atoms with Crippen molar-refractivity contribution < 1.29 is 47.3 Å². The fourth-order valence-corrected chi connectivity index (χ4v) is 5.73. The summed E-state index contributed by atoms with van der Waals surface area (Å²) in [7, 11) is -4.69. The largest absolute Gasteiger partial charge is 0.493 e. The molecule has 264 valence electrons. The van der Waals surface area contributed by atoms with Crippen LogP contribution in [0.15, 0.2) is 107 Å². The number of aliphatic hydroxyl groups excluding tert-OH is 1. The number of nitrogens with one attached hydrogen (secondary N) is 3. The van der Waals surface area contributed by atoms with Gasteiger partial charge in [0.2, 0.25) is 11.6 Å². The summed E-state index contributed by atoms with van der Waals surface area (Å²) < 4.78 is 44.1. The van der Waals surface area contributed by atoms with E-state index in [1.54, 1.807) is 19.1 Å². The maximum Gasteiger partial charge on any atom is 0.328 e. The number of azo groups is 2. The van der Waals surface area contributed by atoms with Gasteiger partial charge in [-0.1, -0.05) is 11.1 Å². The maximum atomic E-state index is 13.1. The zero-order valence-corrected chi connectivity index (χ0v) is 27.6. The molecule has 21 heteroatoms. The van der Waals surface area contributed by atoms with Gasteiger partial charge >= 0.3 is 5.69 Å². The number of aryl methyl sites for hydroxylation is 1. The van der Waals surface area contributed by atoms with Crippen LogP contribution in [-0.4, -0.2) is 57.5 Å². The van der Waals surface area contributed by atoms with Gasteiger partial charge in [0, 0.05) is 21.9 Å². The van der Waals surface area contributed by atoms with Gasteiger partial charge in [-0.25, -0.2) is 10.1 Å². The molecular weight excluding hydrogens is 715 g/mol. The summed E-state index contributed by atoms with van der Waals surface area (Å²) in [6.07, 6.45) is 0. The molecule has 0 saturated carbocycles. The van der Waals surface area contributed by atoms with Crippen LogP contribution in [0.2, 0.25) is 0 Å². The van der Waals surface area contributed by atoms with Crippen molar-refractivity contribution in [2.24, 2.45) is 20.5 Å². The minimum atomic E-state index is -4.69. The highest BCUT2D eigenvalue weighted by Crippen LogP contribution is 2.36. The average molecular weight is 740 g/mol. The number of hydrogen-bond donors (Lipinski definition) is 7. The van der Waals surface area contributed by atoms with Crippen molar-refractivity contribution in [3.8, 4) is 11.6 Å². The van der Waals surface area contributed by atoms with Gasteiger partial charge in [0.1, 0.15) is 17.3 Å². The van der Waals surface area contributed by atoms with Crippen LogP contribution in [0, 0.1) is 6.92 Å². The van der Waals surface area contributed by atoms with E-state index in [-0.39, 0.29) is 51.9 Å². The summed E-state index contributed by atoms with van der Waals surface area (Å²) in [4.78, 5) is 39.8. The smallest absolute Gasteiger partial charge is 0.328 e. The number of H-pyrrole nitrogens is 2. The summed E-state index contributed by atoms with van der Waals surface area (Å²) in [5.41, 5.74) is -0.612. The molecule has 0 unspecified atom stereocenters. The van der Waals surface area contributed by atoms with Crippen LogP contribution in [0.5, 0.6) is 11.6 Å². The Morgan fingerprint density at radius 2 is 1.67 bits per heavy atom. The third-order valence-corrected chi connectivity index (χ3v) is 8.22. The Morgan fingerprint density at radius 1 is 0.941 bits per heavy atom. The van der Waals surface area contributed by atoms with E-state index < -0.39 is 43.7 Å². The molecule has 0 saturated heterocycles. The molecule has 19 nitrogen and oxygen atoms in total. The molecule has 5 rings (SSSR count). The van der Waals surface area contributed by atoms with Crippen LogP contribution < -0.4 is 21.3 Å². The third kappa shape index (κ3) is 9.06. The van der Waals surface area contributed by atoms with E-state index in [0.29, 0.717) is 28.7 Å². The van der Waals surface area contributed by atoms with Crippen LogP contribution in [0.3, 0.4) is 0 Å². The highest BCUT2D eigenvalue weighted by molar-refractivity contribution is 7.94. The van der Waals surface area contributed by atoms with Gasteiger partial charge in [-0.15, -0.1) is 9.45 Å². The molecule has 7 N–H and O–H groups in total. The molecule has 0 aliphatic heterocycles. The van der Waals surface area contributed by atoms with Gasteiger partial charge in [0.15, 0.2) is 0 Å². The summed E-state index contributed by atoms with van der Waals surface area (Å²) in [5.74, 6) is -1.15. The van der Waals surface area contributed by atoms with Crippen LogP contribution in [0.4, 0.5) is 28.4 Å². The fourth-order valence-electron chi connectivity index (χ4n) is 4.48. The lowest BCUT2D eigenvalue weighted by Crippen LogP contribution is -2.20.